The third kappa shape index (κ3) is 2.55. The second-order valence-electron chi connectivity index (χ2n) is 3.87. The van der Waals surface area contributed by atoms with E-state index in [1.807, 2.05) is 0 Å². The number of carbonyl (C=O) groups excluding carboxylic acids is 1. The number of ketones is 1. The van der Waals surface area contributed by atoms with Gasteiger partial charge in [-0.15, -0.1) is 0 Å². The van der Waals surface area contributed by atoms with Crippen molar-refractivity contribution in [3.63, 3.8) is 0 Å². The summed E-state index contributed by atoms with van der Waals surface area (Å²) < 4.78 is 13.8. The number of Topliss-reactive ketones (excluding diaryl/α,β-unsaturated/α-hetero) is 1. The normalized spacial score (nSPS) is 10.4. The quantitative estimate of drug-likeness (QED) is 0.709. The molecule has 1 nitrogen and oxygen atoms in total. The van der Waals surface area contributed by atoms with Crippen molar-refractivity contribution in [1.29, 1.82) is 0 Å². The lowest BCUT2D eigenvalue weighted by atomic mass is 10.0. The predicted octanol–water partition coefficient (Wildman–Crippen LogP) is 5.00. The molecule has 0 aromatic heterocycles. The molecule has 2 rings (SSSR count). The van der Waals surface area contributed by atoms with Crippen LogP contribution in [0, 0.1) is 5.82 Å². The monoisotopic (exact) mass is 282 g/mol. The van der Waals surface area contributed by atoms with E-state index in [0.29, 0.717) is 26.7 Å². The Morgan fingerprint density at radius 2 is 1.78 bits per heavy atom. The summed E-state index contributed by atoms with van der Waals surface area (Å²) in [4.78, 5) is 11.3. The third-order valence-corrected chi connectivity index (χ3v) is 3.14. The van der Waals surface area contributed by atoms with Gasteiger partial charge in [-0.05, 0) is 37.3 Å². The summed E-state index contributed by atoms with van der Waals surface area (Å²) in [5.41, 5.74) is 1.25. The van der Waals surface area contributed by atoms with Gasteiger partial charge in [-0.25, -0.2) is 4.39 Å². The molecule has 0 heterocycles. The minimum absolute atomic E-state index is 0.124. The van der Waals surface area contributed by atoms with E-state index >= 15 is 0 Å². The van der Waals surface area contributed by atoms with Crippen molar-refractivity contribution in [3.05, 3.63) is 57.8 Å². The summed E-state index contributed by atoms with van der Waals surface area (Å²) in [6.07, 6.45) is 0. The minimum Gasteiger partial charge on any atom is -0.295 e. The molecule has 2 aromatic rings. The van der Waals surface area contributed by atoms with E-state index in [0.717, 1.165) is 0 Å². The van der Waals surface area contributed by atoms with Crippen LogP contribution in [0.3, 0.4) is 0 Å². The summed E-state index contributed by atoms with van der Waals surface area (Å²) in [5.74, 6) is -0.550. The van der Waals surface area contributed by atoms with Crippen molar-refractivity contribution >= 4 is 29.0 Å². The first-order chi connectivity index (χ1) is 8.49. The Kier molecular flexibility index (Phi) is 3.69. The van der Waals surface area contributed by atoms with Crippen LogP contribution in [0.15, 0.2) is 36.4 Å². The van der Waals surface area contributed by atoms with Crippen molar-refractivity contribution in [3.8, 4) is 11.1 Å². The summed E-state index contributed by atoms with van der Waals surface area (Å²) in [5, 5.41) is 0.828. The maximum absolute atomic E-state index is 13.8. The van der Waals surface area contributed by atoms with Crippen LogP contribution in [0.1, 0.15) is 17.3 Å². The smallest absolute Gasteiger partial charge is 0.159 e. The first-order valence-electron chi connectivity index (χ1n) is 5.25. The van der Waals surface area contributed by atoms with Gasteiger partial charge >= 0.3 is 0 Å². The van der Waals surface area contributed by atoms with Crippen molar-refractivity contribution in [2.45, 2.75) is 6.92 Å². The number of hydrogen-bond donors (Lipinski definition) is 0. The van der Waals surface area contributed by atoms with Crippen molar-refractivity contribution in [2.75, 3.05) is 0 Å². The predicted molar refractivity (Wildman–Crippen MR) is 71.9 cm³/mol. The van der Waals surface area contributed by atoms with Crippen LogP contribution in [0.2, 0.25) is 10.0 Å². The largest absolute Gasteiger partial charge is 0.295 e. The van der Waals surface area contributed by atoms with Gasteiger partial charge in [0.15, 0.2) is 5.78 Å². The van der Waals surface area contributed by atoms with Crippen molar-refractivity contribution in [1.82, 2.24) is 0 Å². The molecule has 18 heavy (non-hydrogen) atoms. The molecule has 0 unspecified atom stereocenters. The topological polar surface area (TPSA) is 17.1 Å². The molecule has 0 bridgehead atoms. The van der Waals surface area contributed by atoms with Crippen molar-refractivity contribution < 1.29 is 9.18 Å². The highest BCUT2D eigenvalue weighted by molar-refractivity contribution is 6.36. The molecule has 0 aliphatic heterocycles. The molecule has 0 saturated heterocycles. The SMILES string of the molecule is CC(=O)c1ccc(F)c(-c2ccc(Cl)cc2Cl)c1. The van der Waals surface area contributed by atoms with E-state index in [2.05, 4.69) is 0 Å². The van der Waals surface area contributed by atoms with Gasteiger partial charge in [-0.2, -0.15) is 0 Å². The van der Waals surface area contributed by atoms with Gasteiger partial charge in [-0.3, -0.25) is 4.79 Å². The first-order valence-corrected chi connectivity index (χ1v) is 6.00. The molecule has 0 amide bonds. The van der Waals surface area contributed by atoms with E-state index in [4.69, 9.17) is 23.2 Å². The van der Waals surface area contributed by atoms with Gasteiger partial charge in [0.2, 0.25) is 0 Å². The Morgan fingerprint density at radius 1 is 1.06 bits per heavy atom. The molecule has 0 atom stereocenters. The lowest BCUT2D eigenvalue weighted by Gasteiger charge is -2.08. The first kappa shape index (κ1) is 13.1. The number of hydrogen-bond acceptors (Lipinski definition) is 1. The highest BCUT2D eigenvalue weighted by Crippen LogP contribution is 2.32. The van der Waals surface area contributed by atoms with Crippen LogP contribution < -0.4 is 0 Å². The van der Waals surface area contributed by atoms with Crippen LogP contribution in [0.5, 0.6) is 0 Å². The molecule has 0 spiro atoms. The molecule has 92 valence electrons. The highest BCUT2D eigenvalue weighted by Gasteiger charge is 2.11. The second kappa shape index (κ2) is 5.09. The van der Waals surface area contributed by atoms with E-state index in [1.54, 1.807) is 18.2 Å². The third-order valence-electron chi connectivity index (χ3n) is 2.59. The molecule has 2 aromatic carbocycles. The lowest BCUT2D eigenvalue weighted by Crippen LogP contribution is -1.94. The van der Waals surface area contributed by atoms with Gasteiger partial charge in [0.1, 0.15) is 5.82 Å². The van der Waals surface area contributed by atoms with Gasteiger partial charge in [0, 0.05) is 26.7 Å². The van der Waals surface area contributed by atoms with Crippen LogP contribution in [0.25, 0.3) is 11.1 Å². The van der Waals surface area contributed by atoms with E-state index < -0.39 is 5.82 Å². The molecular weight excluding hydrogens is 274 g/mol. The fourth-order valence-corrected chi connectivity index (χ4v) is 2.17. The Bertz CT molecular complexity index is 623. The molecule has 0 aliphatic rings. The Labute approximate surface area is 114 Å². The molecule has 0 radical (unpaired) electrons. The fourth-order valence-electron chi connectivity index (χ4n) is 1.66. The number of halogens is 3. The van der Waals surface area contributed by atoms with Crippen LogP contribution >= 0.6 is 23.2 Å². The molecule has 0 aliphatic carbocycles. The van der Waals surface area contributed by atoms with Crippen LogP contribution in [-0.4, -0.2) is 5.78 Å². The fraction of sp³-hybridized carbons (Fsp3) is 0.0714. The summed E-state index contributed by atoms with van der Waals surface area (Å²) in [7, 11) is 0. The van der Waals surface area contributed by atoms with Gasteiger partial charge in [0.05, 0.1) is 0 Å². The molecule has 0 fully saturated rings. The van der Waals surface area contributed by atoms with Crippen LogP contribution in [-0.2, 0) is 0 Å². The molecule has 0 N–H and O–H groups in total. The summed E-state index contributed by atoms with van der Waals surface area (Å²) in [6.45, 7) is 1.43. The Morgan fingerprint density at radius 3 is 2.39 bits per heavy atom. The lowest BCUT2D eigenvalue weighted by molar-refractivity contribution is 0.101. The number of carbonyl (C=O) groups is 1. The average molecular weight is 283 g/mol. The zero-order valence-electron chi connectivity index (χ0n) is 9.51. The zero-order chi connectivity index (χ0) is 13.3. The Hall–Kier alpha value is -1.38. The molecular formula is C14H9Cl2FO. The molecule has 0 saturated carbocycles. The van der Waals surface area contributed by atoms with E-state index in [-0.39, 0.29) is 5.78 Å². The van der Waals surface area contributed by atoms with Gasteiger partial charge in [-0.1, -0.05) is 29.3 Å². The number of benzene rings is 2. The summed E-state index contributed by atoms with van der Waals surface area (Å²) >= 11 is 11.8. The average Bonchev–Trinajstić information content (AvgIpc) is 2.30. The molecule has 4 heteroatoms. The minimum atomic E-state index is -0.427. The highest BCUT2D eigenvalue weighted by atomic mass is 35.5. The van der Waals surface area contributed by atoms with E-state index in [1.165, 1.54) is 25.1 Å². The van der Waals surface area contributed by atoms with Gasteiger partial charge < -0.3 is 0 Å². The summed E-state index contributed by atoms with van der Waals surface area (Å²) in [6, 6.07) is 9.00. The second-order valence-corrected chi connectivity index (χ2v) is 4.72. The zero-order valence-corrected chi connectivity index (χ0v) is 11.0. The van der Waals surface area contributed by atoms with Crippen molar-refractivity contribution in [2.24, 2.45) is 0 Å². The van der Waals surface area contributed by atoms with Crippen LogP contribution in [0.4, 0.5) is 4.39 Å². The Balaban J connectivity index is 2.62. The van der Waals surface area contributed by atoms with E-state index in [9.17, 15) is 9.18 Å². The number of rotatable bonds is 2. The maximum Gasteiger partial charge on any atom is 0.159 e. The maximum atomic E-state index is 13.8. The standard InChI is InChI=1S/C14H9Cl2FO/c1-8(18)9-2-5-14(17)12(6-9)11-4-3-10(15)7-13(11)16/h2-7H,1H3. The van der Waals surface area contributed by atoms with Gasteiger partial charge in [0.25, 0.3) is 0 Å².